The Hall–Kier alpha value is -2.40. The zero-order chi connectivity index (χ0) is 17.7. The van der Waals surface area contributed by atoms with Gasteiger partial charge in [-0.25, -0.2) is 9.18 Å². The Morgan fingerprint density at radius 1 is 1.04 bits per heavy atom. The maximum atomic E-state index is 13.0. The topological polar surface area (TPSA) is 49.8 Å². The highest BCUT2D eigenvalue weighted by Gasteiger charge is 2.34. The molecular weight excluding hydrogens is 321 g/mol. The number of carbonyl (C=O) groups excluding carboxylic acids is 1. The number of likely N-dealkylation sites (tertiary alicyclic amines) is 1. The molecule has 0 spiro atoms. The molecule has 1 heterocycles. The summed E-state index contributed by atoms with van der Waals surface area (Å²) < 4.78 is 18.3. The fraction of sp³-hybridized carbons (Fsp3) is 0.350. The Bertz CT molecular complexity index is 695. The average molecular weight is 343 g/mol. The lowest BCUT2D eigenvalue weighted by Crippen LogP contribution is -2.47. The standard InChI is InChI=1S/C20H22FNO3/c21-18-8-6-16(7-9-18)14-20(24)10-12-22(13-11-20)19(23)25-15-17-4-2-1-3-5-17/h1-9,24H,10-15H2. The molecule has 1 aliphatic rings. The number of carbonyl (C=O) groups is 1. The van der Waals surface area contributed by atoms with Gasteiger partial charge in [0.1, 0.15) is 12.4 Å². The second kappa shape index (κ2) is 7.66. The predicted octanol–water partition coefficient (Wildman–Crippen LogP) is 3.53. The van der Waals surface area contributed by atoms with E-state index in [9.17, 15) is 14.3 Å². The van der Waals surface area contributed by atoms with Crippen LogP contribution < -0.4 is 0 Å². The Morgan fingerprint density at radius 2 is 1.68 bits per heavy atom. The van der Waals surface area contributed by atoms with Crippen LogP contribution in [0.3, 0.4) is 0 Å². The van der Waals surface area contributed by atoms with Gasteiger partial charge in [0.15, 0.2) is 0 Å². The first-order valence-electron chi connectivity index (χ1n) is 8.47. The Labute approximate surface area is 146 Å². The smallest absolute Gasteiger partial charge is 0.410 e. The fourth-order valence-corrected chi connectivity index (χ4v) is 3.08. The minimum absolute atomic E-state index is 0.246. The number of rotatable bonds is 4. The molecule has 0 atom stereocenters. The molecule has 0 aliphatic carbocycles. The number of hydrogen-bond acceptors (Lipinski definition) is 3. The number of ether oxygens (including phenoxy) is 1. The van der Waals surface area contributed by atoms with Crippen molar-refractivity contribution < 1.29 is 19.0 Å². The van der Waals surface area contributed by atoms with Crippen LogP contribution in [-0.4, -0.2) is 34.8 Å². The lowest BCUT2D eigenvalue weighted by Gasteiger charge is -2.37. The van der Waals surface area contributed by atoms with Gasteiger partial charge in [0.2, 0.25) is 0 Å². The van der Waals surface area contributed by atoms with Crippen molar-refractivity contribution in [3.8, 4) is 0 Å². The summed E-state index contributed by atoms with van der Waals surface area (Å²) in [4.78, 5) is 13.8. The number of piperidine rings is 1. The van der Waals surface area contributed by atoms with Crippen molar-refractivity contribution in [2.45, 2.75) is 31.5 Å². The van der Waals surface area contributed by atoms with Gasteiger partial charge in [0, 0.05) is 19.5 Å². The molecule has 5 heteroatoms. The summed E-state index contributed by atoms with van der Waals surface area (Å²) in [5.74, 6) is -0.285. The molecule has 1 N–H and O–H groups in total. The summed E-state index contributed by atoms with van der Waals surface area (Å²) in [6.07, 6.45) is 1.06. The van der Waals surface area contributed by atoms with Crippen molar-refractivity contribution in [2.24, 2.45) is 0 Å². The van der Waals surface area contributed by atoms with E-state index in [1.807, 2.05) is 30.3 Å². The molecule has 132 valence electrons. The van der Waals surface area contributed by atoms with E-state index >= 15 is 0 Å². The average Bonchev–Trinajstić information content (AvgIpc) is 2.63. The van der Waals surface area contributed by atoms with E-state index in [0.717, 1.165) is 11.1 Å². The first-order chi connectivity index (χ1) is 12.0. The van der Waals surface area contributed by atoms with Crippen molar-refractivity contribution in [1.29, 1.82) is 0 Å². The zero-order valence-corrected chi connectivity index (χ0v) is 14.0. The maximum absolute atomic E-state index is 13.0. The van der Waals surface area contributed by atoms with E-state index < -0.39 is 5.60 Å². The summed E-state index contributed by atoms with van der Waals surface area (Å²) >= 11 is 0. The minimum Gasteiger partial charge on any atom is -0.445 e. The van der Waals surface area contributed by atoms with Crippen molar-refractivity contribution in [3.63, 3.8) is 0 Å². The Morgan fingerprint density at radius 3 is 2.32 bits per heavy atom. The largest absolute Gasteiger partial charge is 0.445 e. The number of hydrogen-bond donors (Lipinski definition) is 1. The second-order valence-electron chi connectivity index (χ2n) is 6.55. The molecule has 2 aromatic carbocycles. The number of benzene rings is 2. The van der Waals surface area contributed by atoms with Crippen LogP contribution in [0.15, 0.2) is 54.6 Å². The molecule has 1 aliphatic heterocycles. The molecule has 1 fully saturated rings. The third-order valence-electron chi connectivity index (χ3n) is 4.60. The van der Waals surface area contributed by atoms with Crippen LogP contribution in [0.5, 0.6) is 0 Å². The molecule has 0 aromatic heterocycles. The van der Waals surface area contributed by atoms with Gasteiger partial charge in [-0.05, 0) is 36.1 Å². The highest BCUT2D eigenvalue weighted by atomic mass is 19.1. The zero-order valence-electron chi connectivity index (χ0n) is 14.0. The molecule has 1 saturated heterocycles. The number of amides is 1. The molecule has 2 aromatic rings. The first-order valence-corrected chi connectivity index (χ1v) is 8.47. The SMILES string of the molecule is O=C(OCc1ccccc1)N1CCC(O)(Cc2ccc(F)cc2)CC1. The molecule has 0 saturated carbocycles. The van der Waals surface area contributed by atoms with Crippen LogP contribution in [-0.2, 0) is 17.8 Å². The number of halogens is 1. The van der Waals surface area contributed by atoms with E-state index in [2.05, 4.69) is 0 Å². The summed E-state index contributed by atoms with van der Waals surface area (Å²) in [6.45, 7) is 1.15. The molecule has 4 nitrogen and oxygen atoms in total. The lowest BCUT2D eigenvalue weighted by molar-refractivity contribution is -0.0206. The van der Waals surface area contributed by atoms with Gasteiger partial charge in [-0.1, -0.05) is 42.5 Å². The van der Waals surface area contributed by atoms with Crippen LogP contribution in [0.25, 0.3) is 0 Å². The van der Waals surface area contributed by atoms with Gasteiger partial charge < -0.3 is 14.7 Å². The van der Waals surface area contributed by atoms with Gasteiger partial charge in [-0.3, -0.25) is 0 Å². The Balaban J connectivity index is 1.48. The summed E-state index contributed by atoms with van der Waals surface area (Å²) in [5, 5.41) is 10.7. The van der Waals surface area contributed by atoms with Crippen LogP contribution in [0.4, 0.5) is 9.18 Å². The van der Waals surface area contributed by atoms with E-state index in [-0.39, 0.29) is 18.5 Å². The van der Waals surface area contributed by atoms with Crippen molar-refractivity contribution >= 4 is 6.09 Å². The highest BCUT2D eigenvalue weighted by molar-refractivity contribution is 5.67. The molecule has 0 radical (unpaired) electrons. The van der Waals surface area contributed by atoms with E-state index in [4.69, 9.17) is 4.74 Å². The van der Waals surface area contributed by atoms with E-state index in [1.54, 1.807) is 17.0 Å². The van der Waals surface area contributed by atoms with Crippen molar-refractivity contribution in [2.75, 3.05) is 13.1 Å². The molecule has 1 amide bonds. The molecular formula is C20H22FNO3. The third kappa shape index (κ3) is 4.79. The van der Waals surface area contributed by atoms with Crippen molar-refractivity contribution in [3.05, 3.63) is 71.5 Å². The number of aliphatic hydroxyl groups is 1. The van der Waals surface area contributed by atoms with Crippen LogP contribution in [0, 0.1) is 5.82 Å². The summed E-state index contributed by atoms with van der Waals surface area (Å²) in [5.41, 5.74) is 0.971. The predicted molar refractivity (Wildman–Crippen MR) is 92.5 cm³/mol. The third-order valence-corrected chi connectivity index (χ3v) is 4.60. The van der Waals surface area contributed by atoms with Gasteiger partial charge in [-0.2, -0.15) is 0 Å². The van der Waals surface area contributed by atoms with Gasteiger partial charge in [-0.15, -0.1) is 0 Å². The normalized spacial score (nSPS) is 16.5. The van der Waals surface area contributed by atoms with Gasteiger partial charge in [0.05, 0.1) is 5.60 Å². The molecule has 0 unspecified atom stereocenters. The minimum atomic E-state index is -0.867. The van der Waals surface area contributed by atoms with E-state index in [0.29, 0.717) is 32.4 Å². The van der Waals surface area contributed by atoms with Gasteiger partial charge >= 0.3 is 6.09 Å². The number of nitrogens with zero attached hydrogens (tertiary/aromatic N) is 1. The van der Waals surface area contributed by atoms with Crippen molar-refractivity contribution in [1.82, 2.24) is 4.90 Å². The lowest BCUT2D eigenvalue weighted by atomic mass is 9.85. The monoisotopic (exact) mass is 343 g/mol. The maximum Gasteiger partial charge on any atom is 0.410 e. The highest BCUT2D eigenvalue weighted by Crippen LogP contribution is 2.27. The first kappa shape index (κ1) is 17.4. The van der Waals surface area contributed by atoms with Crippen LogP contribution >= 0.6 is 0 Å². The van der Waals surface area contributed by atoms with E-state index in [1.165, 1.54) is 12.1 Å². The summed E-state index contributed by atoms with van der Waals surface area (Å²) in [7, 11) is 0. The second-order valence-corrected chi connectivity index (χ2v) is 6.55. The van der Waals surface area contributed by atoms with Crippen LogP contribution in [0.2, 0.25) is 0 Å². The summed E-state index contributed by atoms with van der Waals surface area (Å²) in [6, 6.07) is 15.7. The molecule has 25 heavy (non-hydrogen) atoms. The molecule has 3 rings (SSSR count). The van der Waals surface area contributed by atoms with Gasteiger partial charge in [0.25, 0.3) is 0 Å². The Kier molecular flexibility index (Phi) is 5.34. The quantitative estimate of drug-likeness (QED) is 0.924. The molecule has 0 bridgehead atoms. The fourth-order valence-electron chi connectivity index (χ4n) is 3.08. The van der Waals surface area contributed by atoms with Crippen LogP contribution in [0.1, 0.15) is 24.0 Å².